The highest BCUT2D eigenvalue weighted by molar-refractivity contribution is 6.88. The first kappa shape index (κ1) is 20.7. The molecule has 2 aromatic rings. The van der Waals surface area contributed by atoms with Crippen molar-refractivity contribution in [3.63, 3.8) is 0 Å². The van der Waals surface area contributed by atoms with E-state index < -0.39 is 13.7 Å². The molecule has 2 aliphatic rings. The van der Waals surface area contributed by atoms with Gasteiger partial charge in [0.1, 0.15) is 5.60 Å². The highest BCUT2D eigenvalue weighted by Crippen LogP contribution is 2.54. The predicted molar refractivity (Wildman–Crippen MR) is 117 cm³/mol. The minimum Gasteiger partial charge on any atom is -0.480 e. The molecular weight excluding hydrogens is 396 g/mol. The van der Waals surface area contributed by atoms with Crippen LogP contribution in [0.25, 0.3) is 5.57 Å². The van der Waals surface area contributed by atoms with Gasteiger partial charge < -0.3 is 14.6 Å². The third-order valence-electron chi connectivity index (χ3n) is 6.11. The van der Waals surface area contributed by atoms with Gasteiger partial charge in [-0.15, -0.1) is 0 Å². The summed E-state index contributed by atoms with van der Waals surface area (Å²) in [5.41, 5.74) is 1.53. The van der Waals surface area contributed by atoms with Gasteiger partial charge in [-0.05, 0) is 35.1 Å². The molecule has 1 aromatic heterocycles. The van der Waals surface area contributed by atoms with Crippen molar-refractivity contribution in [1.29, 1.82) is 0 Å². The van der Waals surface area contributed by atoms with Gasteiger partial charge in [-0.1, -0.05) is 50.0 Å². The summed E-state index contributed by atoms with van der Waals surface area (Å²) in [6.07, 6.45) is 1.67. The quantitative estimate of drug-likeness (QED) is 0.753. The number of carbonyl (C=O) groups excluding carboxylic acids is 1. The first-order chi connectivity index (χ1) is 14.2. The van der Waals surface area contributed by atoms with Crippen molar-refractivity contribution >= 4 is 19.4 Å². The molecule has 0 saturated heterocycles. The van der Waals surface area contributed by atoms with E-state index in [0.717, 1.165) is 16.3 Å². The molecule has 7 heteroatoms. The average Bonchev–Trinajstić information content (AvgIpc) is 2.73. The second kappa shape index (κ2) is 7.32. The largest absolute Gasteiger partial charge is 0.480 e. The Kier molecular flexibility index (Phi) is 5.06. The van der Waals surface area contributed by atoms with Crippen LogP contribution in [0.1, 0.15) is 36.1 Å². The molecule has 0 fully saturated rings. The van der Waals surface area contributed by atoms with Crippen LogP contribution >= 0.6 is 0 Å². The first-order valence-corrected chi connectivity index (χ1v) is 13.8. The molecule has 6 nitrogen and oxygen atoms in total. The molecule has 0 aliphatic heterocycles. The zero-order valence-electron chi connectivity index (χ0n) is 18.2. The number of benzene rings is 1. The van der Waals surface area contributed by atoms with E-state index in [4.69, 9.17) is 9.47 Å². The van der Waals surface area contributed by atoms with Gasteiger partial charge in [-0.2, -0.15) is 9.97 Å². The van der Waals surface area contributed by atoms with E-state index >= 15 is 0 Å². The topological polar surface area (TPSA) is 81.5 Å². The number of carbonyl (C=O) groups is 1. The Morgan fingerprint density at radius 3 is 2.40 bits per heavy atom. The van der Waals surface area contributed by atoms with E-state index in [9.17, 15) is 9.90 Å². The Labute approximate surface area is 178 Å². The summed E-state index contributed by atoms with van der Waals surface area (Å²) < 4.78 is 11.0. The maximum atomic E-state index is 13.1. The number of ketones is 1. The minimum atomic E-state index is -1.97. The lowest BCUT2D eigenvalue weighted by atomic mass is 9.67. The van der Waals surface area contributed by atoms with Crippen LogP contribution in [0.5, 0.6) is 11.9 Å². The molecule has 158 valence electrons. The molecule has 1 heterocycles. The second-order valence-electron chi connectivity index (χ2n) is 9.07. The Morgan fingerprint density at radius 1 is 1.10 bits per heavy atom. The molecule has 2 aliphatic carbocycles. The number of ether oxygens (including phenoxy) is 2. The lowest BCUT2D eigenvalue weighted by Crippen LogP contribution is -2.42. The molecule has 0 bridgehead atoms. The SMILES string of the molecule is COc1nc(OC)c2c(n1)[C@](O)(c1ccccc1)C[C@H]1CCC(=O)C([Si](C)(C)C)=C21. The number of aliphatic hydroxyl groups is 1. The third-order valence-corrected chi connectivity index (χ3v) is 8.16. The van der Waals surface area contributed by atoms with Crippen LogP contribution in [0.15, 0.2) is 35.5 Å². The molecule has 0 amide bonds. The van der Waals surface area contributed by atoms with E-state index in [2.05, 4.69) is 29.6 Å². The fourth-order valence-electron chi connectivity index (χ4n) is 4.91. The van der Waals surface area contributed by atoms with Gasteiger partial charge in [0.25, 0.3) is 0 Å². The molecule has 1 N–H and O–H groups in total. The van der Waals surface area contributed by atoms with Crippen LogP contribution in [0.2, 0.25) is 19.6 Å². The fraction of sp³-hybridized carbons (Fsp3) is 0.435. The van der Waals surface area contributed by atoms with Crippen molar-refractivity contribution in [2.24, 2.45) is 5.92 Å². The zero-order valence-corrected chi connectivity index (χ0v) is 19.2. The maximum Gasteiger partial charge on any atom is 0.319 e. The lowest BCUT2D eigenvalue weighted by Gasteiger charge is -2.43. The fourth-order valence-corrected chi connectivity index (χ4v) is 7.01. The van der Waals surface area contributed by atoms with Crippen molar-refractivity contribution in [3.8, 4) is 11.9 Å². The minimum absolute atomic E-state index is 0.0352. The normalized spacial score (nSPS) is 23.7. The molecule has 0 unspecified atom stereocenters. The highest BCUT2D eigenvalue weighted by Gasteiger charge is 2.50. The van der Waals surface area contributed by atoms with Crippen LogP contribution in [-0.4, -0.2) is 43.2 Å². The Balaban J connectivity index is 2.12. The Morgan fingerprint density at radius 2 is 1.80 bits per heavy atom. The van der Waals surface area contributed by atoms with E-state index in [-0.39, 0.29) is 17.7 Å². The zero-order chi connectivity index (χ0) is 21.7. The molecule has 4 rings (SSSR count). The third kappa shape index (κ3) is 3.17. The summed E-state index contributed by atoms with van der Waals surface area (Å²) in [5.74, 6) is 0.582. The van der Waals surface area contributed by atoms with Gasteiger partial charge in [0, 0.05) is 6.42 Å². The smallest absolute Gasteiger partial charge is 0.319 e. The van der Waals surface area contributed by atoms with Crippen molar-refractivity contribution in [1.82, 2.24) is 9.97 Å². The summed E-state index contributed by atoms with van der Waals surface area (Å²) in [7, 11) is 1.07. The number of aromatic nitrogens is 2. The number of rotatable bonds is 4. The standard InChI is InChI=1S/C23H28N2O4Si/c1-28-21-18-17-14(11-12-16(26)19(17)30(3,4)5)13-23(27,15-9-7-6-8-10-15)20(18)24-22(25-21)29-2/h6-10,14,27H,11-13H2,1-5H3/t14-,23-/m1/s1. The monoisotopic (exact) mass is 424 g/mol. The van der Waals surface area contributed by atoms with Gasteiger partial charge in [0.2, 0.25) is 5.88 Å². The molecule has 0 spiro atoms. The molecule has 1 aromatic carbocycles. The van der Waals surface area contributed by atoms with E-state index in [0.29, 0.717) is 36.4 Å². The van der Waals surface area contributed by atoms with Crippen molar-refractivity contribution < 1.29 is 19.4 Å². The molecule has 0 saturated carbocycles. The molecule has 0 radical (unpaired) electrons. The summed E-state index contributed by atoms with van der Waals surface area (Å²) >= 11 is 0. The molecule has 2 atom stereocenters. The van der Waals surface area contributed by atoms with Crippen molar-refractivity contribution in [2.75, 3.05) is 14.2 Å². The van der Waals surface area contributed by atoms with Crippen LogP contribution in [0, 0.1) is 5.92 Å². The van der Waals surface area contributed by atoms with Crippen molar-refractivity contribution in [3.05, 3.63) is 52.3 Å². The second-order valence-corrected chi connectivity index (χ2v) is 14.1. The predicted octanol–water partition coefficient (Wildman–Crippen LogP) is 3.74. The Bertz CT molecular complexity index is 1030. The van der Waals surface area contributed by atoms with Crippen LogP contribution in [0.4, 0.5) is 0 Å². The first-order valence-electron chi connectivity index (χ1n) is 10.3. The average molecular weight is 425 g/mol. The summed E-state index contributed by atoms with van der Waals surface area (Å²) in [5, 5.41) is 12.9. The number of nitrogens with zero attached hydrogens (tertiary/aromatic N) is 2. The molecule has 30 heavy (non-hydrogen) atoms. The van der Waals surface area contributed by atoms with Crippen LogP contribution in [-0.2, 0) is 10.4 Å². The van der Waals surface area contributed by atoms with E-state index in [1.165, 1.54) is 7.11 Å². The number of fused-ring (bicyclic) bond motifs is 3. The highest BCUT2D eigenvalue weighted by atomic mass is 28.3. The lowest BCUT2D eigenvalue weighted by molar-refractivity contribution is -0.115. The van der Waals surface area contributed by atoms with Gasteiger partial charge in [-0.25, -0.2) is 0 Å². The summed E-state index contributed by atoms with van der Waals surface area (Å²) in [6.45, 7) is 6.55. The number of Topliss-reactive ketones (excluding diaryl/α,β-unsaturated/α-hetero) is 1. The van der Waals surface area contributed by atoms with Crippen LogP contribution in [0.3, 0.4) is 0 Å². The molecular formula is C23H28N2O4Si. The number of allylic oxidation sites excluding steroid dienone is 2. The maximum absolute atomic E-state index is 13.1. The summed E-state index contributed by atoms with van der Waals surface area (Å²) in [4.78, 5) is 22.1. The van der Waals surface area contributed by atoms with E-state index in [1.54, 1.807) is 7.11 Å². The van der Waals surface area contributed by atoms with Crippen LogP contribution < -0.4 is 9.47 Å². The number of hydrogen-bond donors (Lipinski definition) is 1. The van der Waals surface area contributed by atoms with E-state index in [1.807, 2.05) is 30.3 Å². The van der Waals surface area contributed by atoms with Gasteiger partial charge in [0.15, 0.2) is 5.78 Å². The van der Waals surface area contributed by atoms with Gasteiger partial charge >= 0.3 is 6.01 Å². The Hall–Kier alpha value is -2.51. The number of methoxy groups -OCH3 is 2. The number of hydrogen-bond acceptors (Lipinski definition) is 6. The van der Waals surface area contributed by atoms with Gasteiger partial charge in [-0.3, -0.25) is 4.79 Å². The van der Waals surface area contributed by atoms with Gasteiger partial charge in [0.05, 0.1) is 33.6 Å². The van der Waals surface area contributed by atoms with Crippen molar-refractivity contribution in [2.45, 2.75) is 44.5 Å². The summed E-state index contributed by atoms with van der Waals surface area (Å²) in [6, 6.07) is 9.69.